The number of ether oxygens (including phenoxy) is 1. The maximum atomic E-state index is 10.9. The molecule has 3 heteroatoms. The van der Waals surface area contributed by atoms with Gasteiger partial charge in [-0.25, -0.2) is 4.79 Å². The van der Waals surface area contributed by atoms with Crippen LogP contribution in [-0.2, 0) is 6.42 Å². The Hall–Kier alpha value is -1.51. The van der Waals surface area contributed by atoms with Gasteiger partial charge in [0.25, 0.3) is 0 Å². The van der Waals surface area contributed by atoms with E-state index < -0.39 is 5.97 Å². The van der Waals surface area contributed by atoms with E-state index in [4.69, 9.17) is 9.84 Å². The van der Waals surface area contributed by atoms with Crippen molar-refractivity contribution in [2.75, 3.05) is 0 Å². The van der Waals surface area contributed by atoms with Crippen molar-refractivity contribution >= 4 is 5.97 Å². The van der Waals surface area contributed by atoms with Crippen LogP contribution in [0.4, 0.5) is 0 Å². The zero-order valence-electron chi connectivity index (χ0n) is 11.5. The number of aryl methyl sites for hydroxylation is 1. The molecule has 1 aromatic carbocycles. The monoisotopic (exact) mass is 262 g/mol. The van der Waals surface area contributed by atoms with Crippen LogP contribution in [0.3, 0.4) is 0 Å². The zero-order valence-corrected chi connectivity index (χ0v) is 11.5. The normalized spacial score (nSPS) is 17.6. The van der Waals surface area contributed by atoms with Gasteiger partial charge in [0.1, 0.15) is 5.75 Å². The molecule has 1 aliphatic rings. The van der Waals surface area contributed by atoms with Crippen LogP contribution in [0.15, 0.2) is 18.2 Å². The topological polar surface area (TPSA) is 46.5 Å². The maximum absolute atomic E-state index is 10.9. The van der Waals surface area contributed by atoms with Crippen LogP contribution in [0.25, 0.3) is 0 Å². The van der Waals surface area contributed by atoms with Crippen molar-refractivity contribution in [2.45, 2.75) is 58.0 Å². The SMILES string of the molecule is CCCCCCC1CCc2cc(C(=O)O)ccc2O1. The Morgan fingerprint density at radius 3 is 2.95 bits per heavy atom. The lowest BCUT2D eigenvalue weighted by Gasteiger charge is -2.26. The van der Waals surface area contributed by atoms with Crippen LogP contribution in [-0.4, -0.2) is 17.2 Å². The van der Waals surface area contributed by atoms with Crippen LogP contribution >= 0.6 is 0 Å². The average molecular weight is 262 g/mol. The van der Waals surface area contributed by atoms with E-state index in [2.05, 4.69) is 6.92 Å². The van der Waals surface area contributed by atoms with Gasteiger partial charge in [-0.2, -0.15) is 0 Å². The summed E-state index contributed by atoms with van der Waals surface area (Å²) in [5.74, 6) is 0.00114. The van der Waals surface area contributed by atoms with Gasteiger partial charge < -0.3 is 9.84 Å². The molecule has 0 saturated heterocycles. The van der Waals surface area contributed by atoms with Crippen molar-refractivity contribution < 1.29 is 14.6 Å². The molecule has 104 valence electrons. The van der Waals surface area contributed by atoms with Crippen molar-refractivity contribution in [2.24, 2.45) is 0 Å². The predicted molar refractivity (Wildman–Crippen MR) is 74.9 cm³/mol. The first kappa shape index (κ1) is 13.9. The highest BCUT2D eigenvalue weighted by molar-refractivity contribution is 5.88. The van der Waals surface area contributed by atoms with Gasteiger partial charge in [-0.1, -0.05) is 26.2 Å². The van der Waals surface area contributed by atoms with Crippen molar-refractivity contribution in [3.8, 4) is 5.75 Å². The second-order valence-corrected chi connectivity index (χ2v) is 5.26. The summed E-state index contributed by atoms with van der Waals surface area (Å²) in [5.41, 5.74) is 1.38. The summed E-state index contributed by atoms with van der Waals surface area (Å²) in [6.45, 7) is 2.22. The fourth-order valence-corrected chi connectivity index (χ4v) is 2.58. The minimum absolute atomic E-state index is 0.306. The zero-order chi connectivity index (χ0) is 13.7. The Bertz CT molecular complexity index is 440. The quantitative estimate of drug-likeness (QED) is 0.787. The molecule has 0 radical (unpaired) electrons. The molecule has 0 amide bonds. The molecular weight excluding hydrogens is 240 g/mol. The first-order valence-corrected chi connectivity index (χ1v) is 7.23. The lowest BCUT2D eigenvalue weighted by atomic mass is 9.97. The molecule has 19 heavy (non-hydrogen) atoms. The molecule has 1 atom stereocenters. The van der Waals surface area contributed by atoms with E-state index >= 15 is 0 Å². The Morgan fingerprint density at radius 1 is 1.37 bits per heavy atom. The molecule has 1 N–H and O–H groups in total. The van der Waals surface area contributed by atoms with Gasteiger partial charge in [0.2, 0.25) is 0 Å². The first-order valence-electron chi connectivity index (χ1n) is 7.23. The van der Waals surface area contributed by atoms with Crippen molar-refractivity contribution in [1.29, 1.82) is 0 Å². The van der Waals surface area contributed by atoms with E-state index in [0.29, 0.717) is 11.7 Å². The third-order valence-electron chi connectivity index (χ3n) is 3.72. The number of unbranched alkanes of at least 4 members (excludes halogenated alkanes) is 3. The molecule has 0 aromatic heterocycles. The third-order valence-corrected chi connectivity index (χ3v) is 3.72. The molecule has 2 rings (SSSR count). The summed E-state index contributed by atoms with van der Waals surface area (Å²) in [6, 6.07) is 5.17. The molecule has 1 unspecified atom stereocenters. The number of benzene rings is 1. The summed E-state index contributed by atoms with van der Waals surface area (Å²) in [7, 11) is 0. The lowest BCUT2D eigenvalue weighted by molar-refractivity contribution is 0.0696. The van der Waals surface area contributed by atoms with Crippen LogP contribution < -0.4 is 4.74 Å². The van der Waals surface area contributed by atoms with Crippen LogP contribution in [0, 0.1) is 0 Å². The summed E-state index contributed by atoms with van der Waals surface area (Å²) in [5, 5.41) is 8.96. The van der Waals surface area contributed by atoms with Crippen LogP contribution in [0.1, 0.15) is 61.4 Å². The number of carboxylic acids is 1. The maximum Gasteiger partial charge on any atom is 0.335 e. The number of hydrogen-bond acceptors (Lipinski definition) is 2. The molecule has 0 spiro atoms. The van der Waals surface area contributed by atoms with E-state index in [1.165, 1.54) is 25.7 Å². The Balaban J connectivity index is 1.91. The molecule has 0 bridgehead atoms. The van der Waals surface area contributed by atoms with Crippen LogP contribution in [0.2, 0.25) is 0 Å². The molecular formula is C16H22O3. The number of carboxylic acid groups (broad SMARTS) is 1. The van der Waals surface area contributed by atoms with E-state index in [1.54, 1.807) is 18.2 Å². The van der Waals surface area contributed by atoms with Gasteiger partial charge in [-0.3, -0.25) is 0 Å². The third kappa shape index (κ3) is 3.72. The highest BCUT2D eigenvalue weighted by atomic mass is 16.5. The number of carbonyl (C=O) groups is 1. The predicted octanol–water partition coefficient (Wildman–Crippen LogP) is 4.05. The summed E-state index contributed by atoms with van der Waals surface area (Å²) >= 11 is 0. The minimum Gasteiger partial charge on any atom is -0.490 e. The van der Waals surface area contributed by atoms with E-state index in [0.717, 1.165) is 30.6 Å². The number of fused-ring (bicyclic) bond motifs is 1. The first-order chi connectivity index (χ1) is 9.20. The summed E-state index contributed by atoms with van der Waals surface area (Å²) < 4.78 is 5.95. The minimum atomic E-state index is -0.871. The Morgan fingerprint density at radius 2 is 2.21 bits per heavy atom. The Labute approximate surface area is 114 Å². The second-order valence-electron chi connectivity index (χ2n) is 5.26. The molecule has 1 aliphatic heterocycles. The smallest absolute Gasteiger partial charge is 0.335 e. The standard InChI is InChI=1S/C16H22O3/c1-2-3-4-5-6-14-9-7-12-11-13(16(17)18)8-10-15(12)19-14/h8,10-11,14H,2-7,9H2,1H3,(H,17,18). The number of hydrogen-bond donors (Lipinski definition) is 1. The van der Waals surface area contributed by atoms with Gasteiger partial charge in [-0.15, -0.1) is 0 Å². The van der Waals surface area contributed by atoms with Gasteiger partial charge in [0.15, 0.2) is 0 Å². The fraction of sp³-hybridized carbons (Fsp3) is 0.562. The van der Waals surface area contributed by atoms with Crippen molar-refractivity contribution in [3.05, 3.63) is 29.3 Å². The molecule has 1 heterocycles. The van der Waals surface area contributed by atoms with Gasteiger partial charge in [0.05, 0.1) is 11.7 Å². The average Bonchev–Trinajstić information content (AvgIpc) is 2.43. The number of aromatic carboxylic acids is 1. The summed E-state index contributed by atoms with van der Waals surface area (Å²) in [6.07, 6.45) is 8.40. The summed E-state index contributed by atoms with van der Waals surface area (Å²) in [4.78, 5) is 10.9. The van der Waals surface area contributed by atoms with Crippen LogP contribution in [0.5, 0.6) is 5.75 Å². The largest absolute Gasteiger partial charge is 0.490 e. The van der Waals surface area contributed by atoms with Gasteiger partial charge in [-0.05, 0) is 49.4 Å². The molecule has 1 aromatic rings. The van der Waals surface area contributed by atoms with E-state index in [9.17, 15) is 4.79 Å². The second kappa shape index (κ2) is 6.60. The van der Waals surface area contributed by atoms with Crippen molar-refractivity contribution in [3.63, 3.8) is 0 Å². The Kier molecular flexibility index (Phi) is 4.83. The molecule has 0 fully saturated rings. The highest BCUT2D eigenvalue weighted by Crippen LogP contribution is 2.30. The molecule has 3 nitrogen and oxygen atoms in total. The van der Waals surface area contributed by atoms with E-state index in [1.807, 2.05) is 0 Å². The van der Waals surface area contributed by atoms with Gasteiger partial charge >= 0.3 is 5.97 Å². The fourth-order valence-electron chi connectivity index (χ4n) is 2.58. The lowest BCUT2D eigenvalue weighted by Crippen LogP contribution is -2.22. The molecule has 0 saturated carbocycles. The number of rotatable bonds is 6. The molecule has 0 aliphatic carbocycles. The van der Waals surface area contributed by atoms with Gasteiger partial charge in [0, 0.05) is 0 Å². The highest BCUT2D eigenvalue weighted by Gasteiger charge is 2.20. The van der Waals surface area contributed by atoms with Crippen molar-refractivity contribution in [1.82, 2.24) is 0 Å². The van der Waals surface area contributed by atoms with E-state index in [-0.39, 0.29) is 0 Å².